The van der Waals surface area contributed by atoms with E-state index in [0.717, 1.165) is 12.1 Å². The highest BCUT2D eigenvalue weighted by atomic mass is 32.3. The van der Waals surface area contributed by atoms with Crippen LogP contribution in [-0.2, 0) is 49.3 Å². The average molecular weight is 660 g/mol. The minimum absolute atomic E-state index is 0.0000277. The van der Waals surface area contributed by atoms with Crippen LogP contribution in [0, 0.1) is 0 Å². The second kappa shape index (κ2) is 9.88. The van der Waals surface area contributed by atoms with Crippen LogP contribution in [0.3, 0.4) is 0 Å². The molecule has 4 rings (SSSR count). The lowest BCUT2D eigenvalue weighted by molar-refractivity contribution is -0.120. The van der Waals surface area contributed by atoms with Crippen molar-refractivity contribution < 1.29 is 43.3 Å². The number of fused-ring (bicyclic) bond motifs is 2. The molecule has 4 atom stereocenters. The minimum Gasteiger partial charge on any atom is -0.349 e. The Bertz CT molecular complexity index is 1670. The molecule has 0 aliphatic carbocycles. The molecule has 13 nitrogen and oxygen atoms in total. The molecule has 0 spiro atoms. The number of hydrogen-bond acceptors (Lipinski definition) is 12. The highest BCUT2D eigenvalue weighted by molar-refractivity contribution is 8.06. The van der Waals surface area contributed by atoms with Gasteiger partial charge in [-0.2, -0.15) is 0 Å². The molecule has 0 radical (unpaired) electrons. The zero-order valence-electron chi connectivity index (χ0n) is 20.9. The first-order valence-corrected chi connectivity index (χ1v) is 19.0. The quantitative estimate of drug-likeness (QED) is 0.400. The van der Waals surface area contributed by atoms with Crippen molar-refractivity contribution in [3.05, 3.63) is 23.3 Å². The van der Waals surface area contributed by atoms with Gasteiger partial charge in [-0.25, -0.2) is 33.7 Å². The molecule has 2 aliphatic rings. The summed E-state index contributed by atoms with van der Waals surface area (Å²) in [4.78, 5) is 23.3. The van der Waals surface area contributed by atoms with Gasteiger partial charge in [0, 0.05) is 25.0 Å². The van der Waals surface area contributed by atoms with Crippen molar-refractivity contribution in [2.75, 3.05) is 0 Å². The first-order chi connectivity index (χ1) is 17.8. The smallest absolute Gasteiger partial charge is 0.263 e. The second-order valence-electron chi connectivity index (χ2n) is 9.40. The Labute approximate surface area is 234 Å². The van der Waals surface area contributed by atoms with E-state index in [-0.39, 0.29) is 32.4 Å². The van der Waals surface area contributed by atoms with E-state index in [4.69, 9.17) is 0 Å². The van der Waals surface area contributed by atoms with Crippen molar-refractivity contribution in [3.63, 3.8) is 0 Å². The van der Waals surface area contributed by atoms with Crippen LogP contribution in [0.15, 0.2) is 29.0 Å². The van der Waals surface area contributed by atoms with Crippen LogP contribution in [0.2, 0.25) is 0 Å². The third kappa shape index (κ3) is 5.41. The summed E-state index contributed by atoms with van der Waals surface area (Å²) < 4.78 is 104. The maximum Gasteiger partial charge on any atom is 0.263 e. The van der Waals surface area contributed by atoms with Crippen molar-refractivity contribution in [1.29, 1.82) is 0 Å². The van der Waals surface area contributed by atoms with Crippen LogP contribution in [0.25, 0.3) is 0 Å². The van der Waals surface area contributed by atoms with Crippen LogP contribution in [0.5, 0.6) is 0 Å². The van der Waals surface area contributed by atoms with Gasteiger partial charge in [-0.15, -0.1) is 22.7 Å². The lowest BCUT2D eigenvalue weighted by atomic mass is 10.1. The molecule has 2 aliphatic heterocycles. The Kier molecular flexibility index (Phi) is 7.62. The molecular formula is C20H25N3O10S6. The van der Waals surface area contributed by atoms with E-state index in [9.17, 15) is 43.3 Å². The summed E-state index contributed by atoms with van der Waals surface area (Å²) in [5, 5.41) is 3.32. The van der Waals surface area contributed by atoms with Crippen LogP contribution in [0.4, 0.5) is 0 Å². The standard InChI is InChI=1S/C20H25N3O10S6/c1-9-5-15(21-11(3)24)13-7-17(34-19(13)36(9,26)27)38(30,31)23-39(32,33)18-8-14-16(22-12(4)25)6-10(2)37(28,29)20(14)35-18/h7-10,15-16,23H,5-6H2,1-4H3,(H,21,24)(H,22,25)/t9-,10-,15-,16-/m0/s1. The first-order valence-electron chi connectivity index (χ1n) is 11.4. The molecular weight excluding hydrogens is 635 g/mol. The lowest BCUT2D eigenvalue weighted by Gasteiger charge is -2.27. The maximum atomic E-state index is 13.2. The van der Waals surface area contributed by atoms with Gasteiger partial charge >= 0.3 is 0 Å². The van der Waals surface area contributed by atoms with Crippen molar-refractivity contribution in [3.8, 4) is 0 Å². The SMILES string of the molecule is CC(=O)N[C@H]1C[C@H](C)S(=O)(=O)c2sc(S(=O)(=O)NS(=O)(=O)c3cc4c(s3)S(=O)(=O)[C@@H](C)C[C@@H]4NC(C)=O)cc21. The number of amides is 2. The number of sulfone groups is 2. The van der Waals surface area contributed by atoms with E-state index < -0.39 is 82.5 Å². The Balaban J connectivity index is 1.74. The van der Waals surface area contributed by atoms with Crippen molar-refractivity contribution in [1.82, 2.24) is 14.8 Å². The molecule has 4 heterocycles. The van der Waals surface area contributed by atoms with Gasteiger partial charge in [0.15, 0.2) is 19.7 Å². The summed E-state index contributed by atoms with van der Waals surface area (Å²) >= 11 is 0.720. The predicted molar refractivity (Wildman–Crippen MR) is 142 cm³/mol. The zero-order chi connectivity index (χ0) is 29.3. The summed E-state index contributed by atoms with van der Waals surface area (Å²) in [5.41, 5.74) is 0.0757. The number of sulfonamides is 2. The number of thiophene rings is 2. The van der Waals surface area contributed by atoms with Crippen LogP contribution in [-0.4, -0.2) is 56.0 Å². The summed E-state index contributed by atoms with van der Waals surface area (Å²) in [7, 11) is -17.6. The summed E-state index contributed by atoms with van der Waals surface area (Å²) in [6.45, 7) is 5.30. The molecule has 0 unspecified atom stereocenters. The van der Waals surface area contributed by atoms with E-state index >= 15 is 0 Å². The van der Waals surface area contributed by atoms with Gasteiger partial charge in [0.1, 0.15) is 16.8 Å². The predicted octanol–water partition coefficient (Wildman–Crippen LogP) is 0.963. The Morgan fingerprint density at radius 3 is 1.38 bits per heavy atom. The van der Waals surface area contributed by atoms with Gasteiger partial charge in [0.2, 0.25) is 11.8 Å². The normalized spacial score (nSPS) is 25.7. The van der Waals surface area contributed by atoms with E-state index in [1.165, 1.54) is 27.7 Å². The Morgan fingerprint density at radius 2 is 1.08 bits per heavy atom. The van der Waals surface area contributed by atoms with Crippen LogP contribution < -0.4 is 14.8 Å². The van der Waals surface area contributed by atoms with E-state index in [0.29, 0.717) is 22.7 Å². The van der Waals surface area contributed by atoms with Crippen molar-refractivity contribution in [2.24, 2.45) is 0 Å². The lowest BCUT2D eigenvalue weighted by Crippen LogP contribution is -2.35. The molecule has 0 fully saturated rings. The van der Waals surface area contributed by atoms with Crippen LogP contribution in [0.1, 0.15) is 63.7 Å². The summed E-state index contributed by atoms with van der Waals surface area (Å²) in [6, 6.07) is 0.435. The molecule has 2 amide bonds. The third-order valence-corrected chi connectivity index (χ3v) is 18.6. The van der Waals surface area contributed by atoms with E-state index in [2.05, 4.69) is 10.6 Å². The maximum absolute atomic E-state index is 13.2. The Hall–Kier alpha value is -1.90. The number of rotatable bonds is 6. The average Bonchev–Trinajstić information content (AvgIpc) is 3.42. The highest BCUT2D eigenvalue weighted by Gasteiger charge is 2.43. The highest BCUT2D eigenvalue weighted by Crippen LogP contribution is 2.44. The topological polar surface area (TPSA) is 207 Å². The number of hydrogen-bond donors (Lipinski definition) is 3. The molecule has 216 valence electrons. The zero-order valence-corrected chi connectivity index (χ0v) is 25.8. The van der Waals surface area contributed by atoms with Crippen molar-refractivity contribution >= 4 is 74.2 Å². The number of carbonyl (C=O) groups excluding carboxylic acids is 2. The molecule has 2 aromatic heterocycles. The fraction of sp³-hybridized carbons (Fsp3) is 0.500. The van der Waals surface area contributed by atoms with Crippen LogP contribution >= 0.6 is 22.7 Å². The van der Waals surface area contributed by atoms with E-state index in [1.54, 1.807) is 4.13 Å². The monoisotopic (exact) mass is 659 g/mol. The summed E-state index contributed by atoms with van der Waals surface area (Å²) in [6.07, 6.45) is -0.0000554. The fourth-order valence-electron chi connectivity index (χ4n) is 4.45. The van der Waals surface area contributed by atoms with Gasteiger partial charge in [-0.1, -0.05) is 4.13 Å². The van der Waals surface area contributed by atoms with Gasteiger partial charge in [-0.05, 0) is 38.8 Å². The van der Waals surface area contributed by atoms with Gasteiger partial charge < -0.3 is 10.6 Å². The molecule has 0 bridgehead atoms. The van der Waals surface area contributed by atoms with Crippen molar-refractivity contribution in [2.45, 2.75) is 80.0 Å². The summed E-state index contributed by atoms with van der Waals surface area (Å²) in [5.74, 6) is -0.922. The fourth-order valence-corrected chi connectivity index (χ4v) is 15.6. The molecule has 2 aromatic rings. The number of nitrogens with one attached hydrogen (secondary N) is 3. The second-order valence-corrected chi connectivity index (χ2v) is 20.7. The molecule has 0 aromatic carbocycles. The molecule has 19 heteroatoms. The molecule has 0 saturated carbocycles. The van der Waals surface area contributed by atoms with Gasteiger partial charge in [0.25, 0.3) is 20.0 Å². The minimum atomic E-state index is -4.86. The largest absolute Gasteiger partial charge is 0.349 e. The van der Waals surface area contributed by atoms with Gasteiger partial charge in [0.05, 0.1) is 22.6 Å². The first kappa shape index (κ1) is 30.1. The number of carbonyl (C=O) groups is 2. The molecule has 0 saturated heterocycles. The molecule has 3 N–H and O–H groups in total. The van der Waals surface area contributed by atoms with E-state index in [1.807, 2.05) is 0 Å². The third-order valence-electron chi connectivity index (χ3n) is 6.37. The molecule has 39 heavy (non-hydrogen) atoms. The van der Waals surface area contributed by atoms with Gasteiger partial charge in [-0.3, -0.25) is 9.59 Å². The Morgan fingerprint density at radius 1 is 0.744 bits per heavy atom.